The van der Waals surface area contributed by atoms with Crippen LogP contribution in [0.15, 0.2) is 85.0 Å². The van der Waals surface area contributed by atoms with Crippen LogP contribution in [0.5, 0.6) is 0 Å². The van der Waals surface area contributed by atoms with E-state index in [-0.39, 0.29) is 24.8 Å². The van der Waals surface area contributed by atoms with E-state index in [0.29, 0.717) is 0 Å². The summed E-state index contributed by atoms with van der Waals surface area (Å²) in [7, 11) is 0. The zero-order valence-corrected chi connectivity index (χ0v) is 29.1. The van der Waals surface area contributed by atoms with Gasteiger partial charge in [-0.1, -0.05) is 59.7 Å². The smallest absolute Gasteiger partial charge is 0.0138 e. The minimum absolute atomic E-state index is 0. The van der Waals surface area contributed by atoms with Crippen LogP contribution < -0.4 is 24.8 Å². The Kier molecular flexibility index (Phi) is 13.3. The number of benzene rings is 4. The van der Waals surface area contributed by atoms with E-state index in [0.717, 1.165) is 6.42 Å². The van der Waals surface area contributed by atoms with Crippen molar-refractivity contribution in [2.24, 2.45) is 0 Å². The molecule has 0 unspecified atom stereocenters. The van der Waals surface area contributed by atoms with Crippen LogP contribution in [0.3, 0.4) is 0 Å². The predicted molar refractivity (Wildman–Crippen MR) is 174 cm³/mol. The molecule has 0 nitrogen and oxygen atoms in total. The molecular formula is C39H40Cl2Ti-2. The third kappa shape index (κ3) is 8.49. The zero-order valence-electron chi connectivity index (χ0n) is 26.0. The maximum absolute atomic E-state index is 2.99. The number of halogens is 2. The number of hydrogen-bond acceptors (Lipinski definition) is 0. The molecule has 1 aliphatic carbocycles. The summed E-state index contributed by atoms with van der Waals surface area (Å²) in [5, 5.41) is 5.32. The summed E-state index contributed by atoms with van der Waals surface area (Å²) in [5.41, 5.74) is 13.4. The Hall–Kier alpha value is -2.61. The van der Waals surface area contributed by atoms with E-state index in [2.05, 4.69) is 154 Å². The summed E-state index contributed by atoms with van der Waals surface area (Å²) in [5.74, 6) is 0. The van der Waals surface area contributed by atoms with Gasteiger partial charge >= 0.3 is 37.6 Å². The van der Waals surface area contributed by atoms with Crippen LogP contribution in [0.1, 0.15) is 53.6 Å². The van der Waals surface area contributed by atoms with Crippen LogP contribution in [0, 0.1) is 47.6 Å². The molecule has 5 aromatic carbocycles. The molecule has 42 heavy (non-hydrogen) atoms. The van der Waals surface area contributed by atoms with Gasteiger partial charge in [0.05, 0.1) is 0 Å². The molecule has 0 N–H and O–H groups in total. The molecule has 0 bridgehead atoms. The maximum Gasteiger partial charge on any atom is -0.0138 e. The van der Waals surface area contributed by atoms with E-state index in [1.165, 1.54) is 81.0 Å². The molecule has 0 aliphatic heterocycles. The Bertz CT molecular complexity index is 1590. The van der Waals surface area contributed by atoms with Crippen molar-refractivity contribution in [3.63, 3.8) is 0 Å². The summed E-state index contributed by atoms with van der Waals surface area (Å²) in [4.78, 5) is 0. The largest absolute Gasteiger partial charge is 1.00 e. The summed E-state index contributed by atoms with van der Waals surface area (Å²) < 4.78 is 1.42. The van der Waals surface area contributed by atoms with Crippen LogP contribution >= 0.6 is 0 Å². The molecule has 0 fully saturated rings. The average Bonchev–Trinajstić information content (AvgIpc) is 3.54. The molecule has 5 aromatic rings. The van der Waals surface area contributed by atoms with Crippen molar-refractivity contribution in [1.82, 2.24) is 0 Å². The van der Waals surface area contributed by atoms with E-state index in [9.17, 15) is 0 Å². The van der Waals surface area contributed by atoms with Gasteiger partial charge in [0.1, 0.15) is 0 Å². The zero-order chi connectivity index (χ0) is 29.0. The van der Waals surface area contributed by atoms with Gasteiger partial charge in [-0.05, 0) is 86.1 Å². The minimum atomic E-state index is 0. The predicted octanol–water partition coefficient (Wildman–Crippen LogP) is 4.96. The first-order chi connectivity index (χ1) is 19.0. The fourth-order valence-corrected chi connectivity index (χ4v) is 5.92. The van der Waals surface area contributed by atoms with Crippen LogP contribution in [0.4, 0.5) is 0 Å². The number of hydrogen-bond donors (Lipinski definition) is 0. The molecular weight excluding hydrogens is 587 g/mol. The van der Waals surface area contributed by atoms with Gasteiger partial charge in [0.2, 0.25) is 0 Å². The van der Waals surface area contributed by atoms with Gasteiger partial charge in [0.15, 0.2) is 0 Å². The fourth-order valence-electron chi connectivity index (χ4n) is 5.92. The quantitative estimate of drug-likeness (QED) is 0.192. The standard InChI is InChI=1S/C31H29.C5H5.C3H6.2ClH.Ti/c1-18-11-20(3)30(21(4)12-18)26-9-7-24-15-25-8-10-27(17-29(25)28(24)16-26)31-22(5)13-19(2)14-23(31)6;1-2-4-5-3-1;1-3-2;;;/h7-17H,1-6H3;1-3H,4H2;1-2H3;2*1H;/q2*-1;;;;+2/p-2. The molecule has 6 rings (SSSR count). The molecule has 0 amide bonds. The third-order valence-corrected chi connectivity index (χ3v) is 7.23. The van der Waals surface area contributed by atoms with Crippen molar-refractivity contribution in [2.45, 2.75) is 61.8 Å². The topological polar surface area (TPSA) is 0 Å². The Balaban J connectivity index is 0.000000487. The van der Waals surface area contributed by atoms with E-state index in [4.69, 9.17) is 0 Å². The van der Waals surface area contributed by atoms with Crippen molar-refractivity contribution in [1.29, 1.82) is 0 Å². The van der Waals surface area contributed by atoms with Crippen LogP contribution in [-0.2, 0) is 20.0 Å². The van der Waals surface area contributed by atoms with E-state index in [1.807, 2.05) is 12.2 Å². The SMILES string of the molecule is C[C](C)=[Ti+2].Cc1cc(C)c(-c2ccc3[cH-]c4ccc(-c5c(C)cc(C)cc5C)cc4c3c2)c(C)c1.[C-]1=CC=CC1.[Cl-].[Cl-]. The van der Waals surface area contributed by atoms with Crippen molar-refractivity contribution in [2.75, 3.05) is 0 Å². The average molecular weight is 628 g/mol. The number of fused-ring (bicyclic) bond motifs is 3. The second-order valence-electron chi connectivity index (χ2n) is 11.3. The van der Waals surface area contributed by atoms with Crippen LogP contribution in [0.2, 0.25) is 0 Å². The van der Waals surface area contributed by atoms with E-state index < -0.39 is 0 Å². The monoisotopic (exact) mass is 626 g/mol. The Morgan fingerprint density at radius 1 is 0.643 bits per heavy atom. The first-order valence-electron chi connectivity index (χ1n) is 14.1. The van der Waals surface area contributed by atoms with Gasteiger partial charge in [-0.15, -0.1) is 46.2 Å². The minimum Gasteiger partial charge on any atom is -1.00 e. The summed E-state index contributed by atoms with van der Waals surface area (Å²) in [6, 6.07) is 25.4. The van der Waals surface area contributed by atoms with Crippen molar-refractivity contribution < 1.29 is 44.8 Å². The van der Waals surface area contributed by atoms with Crippen molar-refractivity contribution in [3.05, 3.63) is 124 Å². The Morgan fingerprint density at radius 3 is 1.31 bits per heavy atom. The van der Waals surface area contributed by atoms with Gasteiger partial charge in [-0.25, -0.2) is 12.2 Å². The second kappa shape index (κ2) is 15.7. The number of allylic oxidation sites excluding steroid dienone is 4. The molecule has 0 aromatic heterocycles. The summed E-state index contributed by atoms with van der Waals surface area (Å²) >= 11 is 2.08. The Morgan fingerprint density at radius 2 is 1.02 bits per heavy atom. The second-order valence-corrected chi connectivity index (χ2v) is 12.9. The van der Waals surface area contributed by atoms with Crippen LogP contribution in [-0.4, -0.2) is 3.81 Å². The third-order valence-electron chi connectivity index (χ3n) is 7.23. The molecule has 3 heteroatoms. The molecule has 216 valence electrons. The van der Waals surface area contributed by atoms with Crippen LogP contribution in [0.25, 0.3) is 43.8 Å². The first-order valence-corrected chi connectivity index (χ1v) is 14.9. The van der Waals surface area contributed by atoms with Gasteiger partial charge in [0.25, 0.3) is 0 Å². The van der Waals surface area contributed by atoms with Crippen molar-refractivity contribution in [3.8, 4) is 22.3 Å². The fraction of sp³-hybridized carbons (Fsp3) is 0.231. The van der Waals surface area contributed by atoms with E-state index >= 15 is 0 Å². The molecule has 0 radical (unpaired) electrons. The molecule has 0 heterocycles. The normalized spacial score (nSPS) is 11.3. The van der Waals surface area contributed by atoms with Gasteiger partial charge in [0, 0.05) is 0 Å². The number of aryl methyl sites for hydroxylation is 6. The summed E-state index contributed by atoms with van der Waals surface area (Å²) in [6.45, 7) is 17.4. The summed E-state index contributed by atoms with van der Waals surface area (Å²) in [6.07, 6.45) is 10.0. The van der Waals surface area contributed by atoms with E-state index in [1.54, 1.807) is 0 Å². The number of rotatable bonds is 2. The molecule has 0 saturated carbocycles. The molecule has 1 aliphatic rings. The molecule has 0 saturated heterocycles. The van der Waals surface area contributed by atoms with Gasteiger partial charge in [-0.2, -0.15) is 6.08 Å². The van der Waals surface area contributed by atoms with Gasteiger partial charge in [-0.3, -0.25) is 6.08 Å². The molecule has 0 atom stereocenters. The Labute approximate surface area is 277 Å². The molecule has 0 spiro atoms. The maximum atomic E-state index is 2.99. The van der Waals surface area contributed by atoms with Gasteiger partial charge < -0.3 is 24.8 Å². The van der Waals surface area contributed by atoms with Crippen molar-refractivity contribution >= 4 is 25.4 Å². The first kappa shape index (κ1) is 35.6.